The number of terminal acetylenes is 1. The molecule has 0 aliphatic rings. The first-order valence-corrected chi connectivity index (χ1v) is 11.8. The van der Waals surface area contributed by atoms with Gasteiger partial charge in [0.25, 0.3) is 0 Å². The van der Waals surface area contributed by atoms with E-state index in [1.54, 1.807) is 0 Å². The summed E-state index contributed by atoms with van der Waals surface area (Å²) in [6.45, 7) is 4.75. The van der Waals surface area contributed by atoms with Gasteiger partial charge in [0.05, 0.1) is 12.2 Å². The Bertz CT molecular complexity index is 1400. The third-order valence-corrected chi connectivity index (χ3v) is 6.14. The molecule has 0 atom stereocenters. The van der Waals surface area contributed by atoms with Crippen molar-refractivity contribution in [3.63, 3.8) is 0 Å². The fourth-order valence-corrected chi connectivity index (χ4v) is 4.32. The lowest BCUT2D eigenvalue weighted by molar-refractivity contribution is 0.111. The largest absolute Gasteiger partial charge is 0.493 e. The number of ether oxygens (including phenoxy) is 1. The van der Waals surface area contributed by atoms with Crippen LogP contribution in [0.3, 0.4) is 0 Å². The number of unbranched alkanes of at least 4 members (excludes halogenated alkanes) is 3. The lowest BCUT2D eigenvalue weighted by Crippen LogP contribution is -2.01. The van der Waals surface area contributed by atoms with Crippen LogP contribution in [0.1, 0.15) is 65.2 Å². The first-order valence-electron chi connectivity index (χ1n) is 11.8. The van der Waals surface area contributed by atoms with Crippen molar-refractivity contribution in [3.8, 4) is 29.9 Å². The fourth-order valence-electron chi connectivity index (χ4n) is 4.32. The maximum Gasteiger partial charge on any atom is 0.153 e. The molecule has 168 valence electrons. The van der Waals surface area contributed by atoms with Crippen LogP contribution in [-0.4, -0.2) is 12.9 Å². The normalized spacial score (nSPS) is 10.5. The molecule has 0 spiro atoms. The van der Waals surface area contributed by atoms with Crippen molar-refractivity contribution in [3.05, 3.63) is 88.5 Å². The Hall–Kier alpha value is -4.01. The van der Waals surface area contributed by atoms with Crippen LogP contribution < -0.4 is 4.74 Å². The zero-order valence-corrected chi connectivity index (χ0v) is 19.8. The van der Waals surface area contributed by atoms with Crippen LogP contribution in [0.4, 0.5) is 0 Å². The Morgan fingerprint density at radius 3 is 2.03 bits per heavy atom. The predicted octanol–water partition coefficient (Wildman–Crippen LogP) is 7.45. The van der Waals surface area contributed by atoms with E-state index < -0.39 is 0 Å². The van der Waals surface area contributed by atoms with Gasteiger partial charge in [-0.1, -0.05) is 92.5 Å². The summed E-state index contributed by atoms with van der Waals surface area (Å²) in [6, 6.07) is 20.0. The van der Waals surface area contributed by atoms with E-state index in [1.165, 1.54) is 12.8 Å². The van der Waals surface area contributed by atoms with Crippen molar-refractivity contribution in [1.82, 2.24) is 0 Å². The van der Waals surface area contributed by atoms with Crippen molar-refractivity contribution in [2.75, 3.05) is 6.61 Å². The quantitative estimate of drug-likeness (QED) is 0.128. The highest BCUT2D eigenvalue weighted by Gasteiger charge is 2.12. The molecule has 4 aromatic carbocycles. The molecule has 4 aromatic rings. The number of rotatable bonds is 7. The van der Waals surface area contributed by atoms with E-state index in [0.29, 0.717) is 17.9 Å². The maximum atomic E-state index is 11.6. The van der Waals surface area contributed by atoms with Crippen molar-refractivity contribution < 1.29 is 9.53 Å². The highest BCUT2D eigenvalue weighted by atomic mass is 16.5. The van der Waals surface area contributed by atoms with E-state index in [2.05, 4.69) is 49.0 Å². The van der Waals surface area contributed by atoms with Gasteiger partial charge in [0.1, 0.15) is 5.75 Å². The van der Waals surface area contributed by atoms with Gasteiger partial charge in [-0.3, -0.25) is 4.79 Å². The molecule has 0 aliphatic carbocycles. The Kier molecular flexibility index (Phi) is 7.31. The number of hydrogen-bond acceptors (Lipinski definition) is 2. The van der Waals surface area contributed by atoms with Crippen LogP contribution in [0, 0.1) is 31.1 Å². The summed E-state index contributed by atoms with van der Waals surface area (Å²) in [4.78, 5) is 11.6. The van der Waals surface area contributed by atoms with Gasteiger partial charge in [-0.15, -0.1) is 6.42 Å². The summed E-state index contributed by atoms with van der Waals surface area (Å²) < 4.78 is 5.97. The monoisotopic (exact) mass is 444 g/mol. The van der Waals surface area contributed by atoms with Gasteiger partial charge in [-0.25, -0.2) is 0 Å². The number of aldehydes is 1. The SMILES string of the molecule is C#Cc1c2ccccc2c(C#Cc2cc(OCCCCCC)c(C=O)cc2C)c2ccccc12. The Labute approximate surface area is 202 Å². The molecule has 0 amide bonds. The lowest BCUT2D eigenvalue weighted by atomic mass is 9.92. The van der Waals surface area contributed by atoms with E-state index in [9.17, 15) is 4.79 Å². The average Bonchev–Trinajstić information content (AvgIpc) is 2.87. The van der Waals surface area contributed by atoms with Crippen LogP contribution in [0.5, 0.6) is 5.75 Å². The molecule has 0 aliphatic heterocycles. The van der Waals surface area contributed by atoms with Gasteiger partial charge in [-0.2, -0.15) is 0 Å². The number of aryl methyl sites for hydroxylation is 1. The molecule has 0 unspecified atom stereocenters. The highest BCUT2D eigenvalue weighted by Crippen LogP contribution is 2.32. The van der Waals surface area contributed by atoms with Crippen LogP contribution in [-0.2, 0) is 0 Å². The molecule has 0 saturated carbocycles. The molecule has 0 aromatic heterocycles. The van der Waals surface area contributed by atoms with Crippen LogP contribution in [0.2, 0.25) is 0 Å². The van der Waals surface area contributed by atoms with Gasteiger partial charge in [0.2, 0.25) is 0 Å². The fraction of sp³-hybridized carbons (Fsp3) is 0.219. The summed E-state index contributed by atoms with van der Waals surface area (Å²) in [5, 5.41) is 4.13. The predicted molar refractivity (Wildman–Crippen MR) is 142 cm³/mol. The minimum absolute atomic E-state index is 0.563. The van der Waals surface area contributed by atoms with E-state index in [1.807, 2.05) is 43.3 Å². The Balaban J connectivity index is 1.80. The van der Waals surface area contributed by atoms with Gasteiger partial charge in [0, 0.05) is 16.7 Å². The minimum Gasteiger partial charge on any atom is -0.493 e. The second-order valence-electron chi connectivity index (χ2n) is 8.47. The maximum absolute atomic E-state index is 11.6. The number of fused-ring (bicyclic) bond motifs is 2. The third-order valence-electron chi connectivity index (χ3n) is 6.14. The van der Waals surface area contributed by atoms with Crippen molar-refractivity contribution >= 4 is 27.8 Å². The lowest BCUT2D eigenvalue weighted by Gasteiger charge is -2.11. The van der Waals surface area contributed by atoms with Gasteiger partial charge in [-0.05, 0) is 52.6 Å². The van der Waals surface area contributed by atoms with Gasteiger partial charge >= 0.3 is 0 Å². The van der Waals surface area contributed by atoms with E-state index in [4.69, 9.17) is 11.2 Å². The number of hydrogen-bond donors (Lipinski definition) is 0. The summed E-state index contributed by atoms with van der Waals surface area (Å²) in [5.41, 5.74) is 4.20. The third kappa shape index (κ3) is 4.68. The molecule has 0 N–H and O–H groups in total. The van der Waals surface area contributed by atoms with Crippen molar-refractivity contribution in [1.29, 1.82) is 0 Å². The summed E-state index contributed by atoms with van der Waals surface area (Å²) >= 11 is 0. The van der Waals surface area contributed by atoms with Crippen molar-refractivity contribution in [2.45, 2.75) is 39.5 Å². The highest BCUT2D eigenvalue weighted by molar-refractivity contribution is 6.09. The molecule has 34 heavy (non-hydrogen) atoms. The summed E-state index contributed by atoms with van der Waals surface area (Å²) in [5.74, 6) is 10.3. The molecule has 0 fully saturated rings. The smallest absolute Gasteiger partial charge is 0.153 e. The van der Waals surface area contributed by atoms with Crippen molar-refractivity contribution in [2.24, 2.45) is 0 Å². The second-order valence-corrected chi connectivity index (χ2v) is 8.47. The summed E-state index contributed by atoms with van der Waals surface area (Å²) in [7, 11) is 0. The second kappa shape index (κ2) is 10.7. The standard InChI is InChI=1S/C32H28O2/c1-4-6-7-12-19-34-32-21-24(23(3)20-25(32)22-33)17-18-31-29-15-10-8-13-27(29)26(5-2)28-14-9-11-16-30(28)31/h2,8-11,13-16,20-22H,4,6-7,12,19H2,1,3H3. The van der Waals surface area contributed by atoms with Crippen LogP contribution in [0.25, 0.3) is 21.5 Å². The molecule has 2 nitrogen and oxygen atoms in total. The Morgan fingerprint density at radius 1 is 0.853 bits per heavy atom. The molecule has 4 rings (SSSR count). The molecular formula is C32H28O2. The first kappa shape index (κ1) is 23.2. The zero-order chi connectivity index (χ0) is 23.9. The molecule has 0 bridgehead atoms. The molecular weight excluding hydrogens is 416 g/mol. The topological polar surface area (TPSA) is 26.3 Å². The van der Waals surface area contributed by atoms with Gasteiger partial charge in [0.15, 0.2) is 6.29 Å². The van der Waals surface area contributed by atoms with Crippen LogP contribution >= 0.6 is 0 Å². The van der Waals surface area contributed by atoms with Gasteiger partial charge < -0.3 is 4.74 Å². The molecule has 0 heterocycles. The summed E-state index contributed by atoms with van der Waals surface area (Å²) in [6.07, 6.45) is 11.2. The van der Waals surface area contributed by atoms with E-state index in [-0.39, 0.29) is 0 Å². The minimum atomic E-state index is 0.563. The molecule has 0 saturated heterocycles. The first-order chi connectivity index (χ1) is 16.7. The van der Waals surface area contributed by atoms with Crippen LogP contribution in [0.15, 0.2) is 60.7 Å². The van der Waals surface area contributed by atoms with E-state index >= 15 is 0 Å². The Morgan fingerprint density at radius 2 is 1.47 bits per heavy atom. The van der Waals surface area contributed by atoms with E-state index in [0.717, 1.165) is 62.9 Å². The molecule has 2 heteroatoms. The number of carbonyl (C=O) groups excluding carboxylic acids is 1. The zero-order valence-electron chi connectivity index (χ0n) is 19.8. The number of benzene rings is 4. The number of carbonyl (C=O) groups is 1. The average molecular weight is 445 g/mol. The molecule has 0 radical (unpaired) electrons.